The van der Waals surface area contributed by atoms with Crippen LogP contribution in [0.25, 0.3) is 0 Å². The first-order chi connectivity index (χ1) is 13.6. The van der Waals surface area contributed by atoms with Gasteiger partial charge in [0.25, 0.3) is 5.91 Å². The van der Waals surface area contributed by atoms with Crippen molar-refractivity contribution in [1.29, 1.82) is 0 Å². The second-order valence-electron chi connectivity index (χ2n) is 6.79. The summed E-state index contributed by atoms with van der Waals surface area (Å²) in [6.45, 7) is 1.86. The minimum Gasteiger partial charge on any atom is -0.490 e. The highest BCUT2D eigenvalue weighted by atomic mass is 79.9. The first kappa shape index (κ1) is 18.9. The summed E-state index contributed by atoms with van der Waals surface area (Å²) in [7, 11) is 0. The van der Waals surface area contributed by atoms with Crippen molar-refractivity contribution in [3.05, 3.63) is 46.3 Å². The Hall–Kier alpha value is -2.48. The van der Waals surface area contributed by atoms with E-state index in [9.17, 15) is 9.59 Å². The SMILES string of the molecule is O=C(NCC(=O)N1CCCC1c1ccc2c(c1)OCCCO2)c1ccc(Br)o1. The van der Waals surface area contributed by atoms with Gasteiger partial charge in [0.15, 0.2) is 21.9 Å². The summed E-state index contributed by atoms with van der Waals surface area (Å²) < 4.78 is 17.1. The minimum absolute atomic E-state index is 0.0284. The van der Waals surface area contributed by atoms with Crippen LogP contribution in [0.2, 0.25) is 0 Å². The average Bonchev–Trinajstić information content (AvgIpc) is 3.29. The molecule has 0 radical (unpaired) electrons. The van der Waals surface area contributed by atoms with Crippen LogP contribution in [0, 0.1) is 0 Å². The van der Waals surface area contributed by atoms with E-state index in [1.54, 1.807) is 12.1 Å². The number of hydrogen-bond donors (Lipinski definition) is 1. The van der Waals surface area contributed by atoms with Crippen LogP contribution in [0.1, 0.15) is 41.4 Å². The molecule has 0 saturated carbocycles. The molecule has 28 heavy (non-hydrogen) atoms. The lowest BCUT2D eigenvalue weighted by Gasteiger charge is -2.25. The molecule has 4 rings (SSSR count). The van der Waals surface area contributed by atoms with Gasteiger partial charge in [-0.15, -0.1) is 0 Å². The molecule has 2 aliphatic heterocycles. The number of halogens is 1. The van der Waals surface area contributed by atoms with Gasteiger partial charge in [0.2, 0.25) is 5.91 Å². The minimum atomic E-state index is -0.412. The van der Waals surface area contributed by atoms with Gasteiger partial charge in [0, 0.05) is 13.0 Å². The Bertz CT molecular complexity index is 881. The third-order valence-corrected chi connectivity index (χ3v) is 5.35. The van der Waals surface area contributed by atoms with Crippen molar-refractivity contribution in [3.8, 4) is 11.5 Å². The van der Waals surface area contributed by atoms with E-state index in [0.29, 0.717) is 24.4 Å². The number of likely N-dealkylation sites (tertiary alicyclic amines) is 1. The monoisotopic (exact) mass is 448 g/mol. The zero-order chi connectivity index (χ0) is 19.5. The predicted octanol–water partition coefficient (Wildman–Crippen LogP) is 3.30. The van der Waals surface area contributed by atoms with Crippen molar-refractivity contribution in [2.24, 2.45) is 0 Å². The average molecular weight is 449 g/mol. The predicted molar refractivity (Wildman–Crippen MR) is 104 cm³/mol. The van der Waals surface area contributed by atoms with Crippen LogP contribution in [0.15, 0.2) is 39.4 Å². The number of amides is 2. The molecule has 1 saturated heterocycles. The third-order valence-electron chi connectivity index (χ3n) is 4.93. The van der Waals surface area contributed by atoms with E-state index < -0.39 is 5.91 Å². The van der Waals surface area contributed by atoms with E-state index in [0.717, 1.165) is 36.3 Å². The molecule has 1 atom stereocenters. The molecule has 1 aromatic heterocycles. The molecular formula is C20H21BrN2O5. The van der Waals surface area contributed by atoms with Gasteiger partial charge in [-0.3, -0.25) is 9.59 Å². The third kappa shape index (κ3) is 4.01. The van der Waals surface area contributed by atoms with Gasteiger partial charge in [-0.2, -0.15) is 0 Å². The summed E-state index contributed by atoms with van der Waals surface area (Å²) in [5.74, 6) is 1.11. The molecule has 148 valence electrons. The fraction of sp³-hybridized carbons (Fsp3) is 0.400. The van der Waals surface area contributed by atoms with Gasteiger partial charge in [-0.1, -0.05) is 6.07 Å². The van der Waals surface area contributed by atoms with Gasteiger partial charge in [-0.25, -0.2) is 0 Å². The van der Waals surface area contributed by atoms with Crippen LogP contribution in [-0.4, -0.2) is 43.0 Å². The Morgan fingerprint density at radius 2 is 1.93 bits per heavy atom. The highest BCUT2D eigenvalue weighted by Crippen LogP contribution is 2.37. The maximum absolute atomic E-state index is 12.7. The number of hydrogen-bond acceptors (Lipinski definition) is 5. The van der Waals surface area contributed by atoms with E-state index >= 15 is 0 Å². The maximum atomic E-state index is 12.7. The van der Waals surface area contributed by atoms with Crippen LogP contribution in [-0.2, 0) is 4.79 Å². The van der Waals surface area contributed by atoms with Crippen molar-refractivity contribution in [3.63, 3.8) is 0 Å². The molecule has 1 unspecified atom stereocenters. The Morgan fingerprint density at radius 3 is 2.71 bits per heavy atom. The summed E-state index contributed by atoms with van der Waals surface area (Å²) in [5.41, 5.74) is 1.02. The lowest BCUT2D eigenvalue weighted by atomic mass is 10.0. The van der Waals surface area contributed by atoms with Gasteiger partial charge in [0.1, 0.15) is 0 Å². The van der Waals surface area contributed by atoms with Crippen LogP contribution >= 0.6 is 15.9 Å². The van der Waals surface area contributed by atoms with Gasteiger partial charge in [-0.05, 0) is 58.6 Å². The van der Waals surface area contributed by atoms with Crippen molar-refractivity contribution in [2.45, 2.75) is 25.3 Å². The first-order valence-electron chi connectivity index (χ1n) is 9.34. The van der Waals surface area contributed by atoms with Crippen LogP contribution in [0.3, 0.4) is 0 Å². The fourth-order valence-corrected chi connectivity index (χ4v) is 3.89. The standard InChI is InChI=1S/C20H21BrN2O5/c21-18-7-6-16(28-18)20(25)22-12-19(24)23-8-1-3-14(23)13-4-5-15-17(11-13)27-10-2-9-26-15/h4-7,11,14H,1-3,8-10,12H2,(H,22,25). The van der Waals surface area contributed by atoms with E-state index in [-0.39, 0.29) is 24.3 Å². The number of carbonyl (C=O) groups is 2. The Labute approximate surface area is 171 Å². The second-order valence-corrected chi connectivity index (χ2v) is 7.57. The second kappa shape index (κ2) is 8.26. The normalized spacial score (nSPS) is 18.6. The van der Waals surface area contributed by atoms with Gasteiger partial charge < -0.3 is 24.1 Å². The number of nitrogens with one attached hydrogen (secondary N) is 1. The van der Waals surface area contributed by atoms with E-state index in [2.05, 4.69) is 21.2 Å². The number of furan rings is 1. The molecule has 1 aromatic carbocycles. The smallest absolute Gasteiger partial charge is 0.287 e. The van der Waals surface area contributed by atoms with Gasteiger partial charge in [0.05, 0.1) is 25.8 Å². The van der Waals surface area contributed by atoms with Crippen molar-refractivity contribution >= 4 is 27.7 Å². The number of nitrogens with zero attached hydrogens (tertiary/aromatic N) is 1. The quantitative estimate of drug-likeness (QED) is 0.775. The summed E-state index contributed by atoms with van der Waals surface area (Å²) >= 11 is 3.16. The lowest BCUT2D eigenvalue weighted by molar-refractivity contribution is -0.131. The molecule has 2 aliphatic rings. The molecule has 0 aliphatic carbocycles. The summed E-state index contributed by atoms with van der Waals surface area (Å²) in [5, 5.41) is 2.63. The molecule has 3 heterocycles. The summed E-state index contributed by atoms with van der Waals surface area (Å²) in [4.78, 5) is 26.6. The molecule has 7 nitrogen and oxygen atoms in total. The Balaban J connectivity index is 1.42. The highest BCUT2D eigenvalue weighted by Gasteiger charge is 2.31. The molecule has 2 aromatic rings. The number of ether oxygens (including phenoxy) is 2. The largest absolute Gasteiger partial charge is 0.490 e. The molecule has 1 N–H and O–H groups in total. The molecule has 1 fully saturated rings. The van der Waals surface area contributed by atoms with E-state index in [1.807, 2.05) is 23.1 Å². The van der Waals surface area contributed by atoms with E-state index in [1.165, 1.54) is 0 Å². The highest BCUT2D eigenvalue weighted by molar-refractivity contribution is 9.10. The maximum Gasteiger partial charge on any atom is 0.287 e. The fourth-order valence-electron chi connectivity index (χ4n) is 3.58. The van der Waals surface area contributed by atoms with Crippen molar-refractivity contribution in [1.82, 2.24) is 10.2 Å². The van der Waals surface area contributed by atoms with Crippen LogP contribution in [0.4, 0.5) is 0 Å². The molecule has 2 amide bonds. The lowest BCUT2D eigenvalue weighted by Crippen LogP contribution is -2.39. The van der Waals surface area contributed by atoms with E-state index in [4.69, 9.17) is 13.9 Å². The van der Waals surface area contributed by atoms with Gasteiger partial charge >= 0.3 is 0 Å². The molecule has 0 spiro atoms. The number of fused-ring (bicyclic) bond motifs is 1. The molecular weight excluding hydrogens is 428 g/mol. The zero-order valence-electron chi connectivity index (χ0n) is 15.3. The number of rotatable bonds is 4. The zero-order valence-corrected chi connectivity index (χ0v) is 16.9. The van der Waals surface area contributed by atoms with Crippen molar-refractivity contribution < 1.29 is 23.5 Å². The molecule has 8 heteroatoms. The Kier molecular flexibility index (Phi) is 5.57. The summed E-state index contributed by atoms with van der Waals surface area (Å²) in [6, 6.07) is 9.03. The van der Waals surface area contributed by atoms with Crippen molar-refractivity contribution in [2.75, 3.05) is 26.3 Å². The topological polar surface area (TPSA) is 81.0 Å². The number of benzene rings is 1. The van der Waals surface area contributed by atoms with Crippen LogP contribution in [0.5, 0.6) is 11.5 Å². The summed E-state index contributed by atoms with van der Waals surface area (Å²) in [6.07, 6.45) is 2.65. The number of carbonyl (C=O) groups excluding carboxylic acids is 2. The Morgan fingerprint density at radius 1 is 1.11 bits per heavy atom. The first-order valence-corrected chi connectivity index (χ1v) is 10.1. The molecule has 0 bridgehead atoms. The van der Waals surface area contributed by atoms with Crippen LogP contribution < -0.4 is 14.8 Å².